The Morgan fingerprint density at radius 1 is 1.29 bits per heavy atom. The highest BCUT2D eigenvalue weighted by molar-refractivity contribution is 7.18. The third-order valence-corrected chi connectivity index (χ3v) is 5.11. The molecule has 0 saturated heterocycles. The summed E-state index contributed by atoms with van der Waals surface area (Å²) in [6.07, 6.45) is 0. The Bertz CT molecular complexity index is 831. The molecule has 1 N–H and O–H groups in total. The van der Waals surface area contributed by atoms with Crippen LogP contribution in [0.3, 0.4) is 0 Å². The van der Waals surface area contributed by atoms with Gasteiger partial charge < -0.3 is 5.32 Å². The van der Waals surface area contributed by atoms with Gasteiger partial charge in [-0.15, -0.1) is 11.3 Å². The van der Waals surface area contributed by atoms with Gasteiger partial charge in [-0.3, -0.25) is 9.69 Å². The summed E-state index contributed by atoms with van der Waals surface area (Å²) < 4.78 is 1.16. The number of carbonyl (C=O) groups excluding carboxylic acids is 1. The number of hydrogen-bond acceptors (Lipinski definition) is 4. The maximum atomic E-state index is 12.4. The SMILES string of the molecule is C[C@@H](C(=O)Nc1cccc(Cl)c1)N(C)Cc1nc2ccccc2s1. The summed E-state index contributed by atoms with van der Waals surface area (Å²) in [6.45, 7) is 2.51. The second kappa shape index (κ2) is 7.30. The number of benzene rings is 2. The third-order valence-electron chi connectivity index (χ3n) is 3.86. The lowest BCUT2D eigenvalue weighted by molar-refractivity contribution is -0.120. The van der Waals surface area contributed by atoms with Crippen LogP contribution in [0.5, 0.6) is 0 Å². The number of anilines is 1. The van der Waals surface area contributed by atoms with Crippen LogP contribution in [0.1, 0.15) is 11.9 Å². The minimum absolute atomic E-state index is 0.0686. The van der Waals surface area contributed by atoms with Gasteiger partial charge in [0.2, 0.25) is 5.91 Å². The van der Waals surface area contributed by atoms with Gasteiger partial charge in [-0.1, -0.05) is 29.8 Å². The molecule has 0 aliphatic carbocycles. The van der Waals surface area contributed by atoms with Crippen LogP contribution in [0.2, 0.25) is 5.02 Å². The highest BCUT2D eigenvalue weighted by Crippen LogP contribution is 2.23. The van der Waals surface area contributed by atoms with Crippen LogP contribution in [0, 0.1) is 0 Å². The van der Waals surface area contributed by atoms with Gasteiger partial charge in [-0.05, 0) is 44.3 Å². The molecule has 0 aliphatic rings. The van der Waals surface area contributed by atoms with E-state index in [1.807, 2.05) is 49.2 Å². The quantitative estimate of drug-likeness (QED) is 0.734. The van der Waals surface area contributed by atoms with E-state index in [0.29, 0.717) is 17.3 Å². The average molecular weight is 360 g/mol. The first-order chi connectivity index (χ1) is 11.5. The number of nitrogens with one attached hydrogen (secondary N) is 1. The number of nitrogens with zero attached hydrogens (tertiary/aromatic N) is 2. The Morgan fingerprint density at radius 3 is 2.83 bits per heavy atom. The zero-order chi connectivity index (χ0) is 17.1. The number of amides is 1. The summed E-state index contributed by atoms with van der Waals surface area (Å²) in [5.41, 5.74) is 1.70. The fourth-order valence-electron chi connectivity index (χ4n) is 2.35. The summed E-state index contributed by atoms with van der Waals surface area (Å²) in [6, 6.07) is 14.9. The lowest BCUT2D eigenvalue weighted by atomic mass is 10.2. The van der Waals surface area contributed by atoms with Crippen molar-refractivity contribution in [2.45, 2.75) is 19.5 Å². The number of aromatic nitrogens is 1. The first kappa shape index (κ1) is 16.9. The summed E-state index contributed by atoms with van der Waals surface area (Å²) >= 11 is 7.61. The van der Waals surface area contributed by atoms with Crippen LogP contribution in [-0.2, 0) is 11.3 Å². The van der Waals surface area contributed by atoms with Crippen molar-refractivity contribution in [3.05, 3.63) is 58.6 Å². The molecule has 0 spiro atoms. The van der Waals surface area contributed by atoms with E-state index in [-0.39, 0.29) is 11.9 Å². The zero-order valence-corrected chi connectivity index (χ0v) is 15.1. The minimum Gasteiger partial charge on any atom is -0.325 e. The monoisotopic (exact) mass is 359 g/mol. The number of carbonyl (C=O) groups is 1. The van der Waals surface area contributed by atoms with E-state index < -0.39 is 0 Å². The standard InChI is InChI=1S/C18H18ClN3OS/c1-12(18(23)20-14-7-5-6-13(19)10-14)22(2)11-17-21-15-8-3-4-9-16(15)24-17/h3-10,12H,11H2,1-2H3,(H,20,23)/t12-/m0/s1. The first-order valence-electron chi connectivity index (χ1n) is 7.64. The molecule has 1 atom stereocenters. The molecule has 2 aromatic carbocycles. The van der Waals surface area contributed by atoms with Crippen molar-refractivity contribution >= 4 is 44.7 Å². The highest BCUT2D eigenvalue weighted by atomic mass is 35.5. The topological polar surface area (TPSA) is 45.2 Å². The van der Waals surface area contributed by atoms with E-state index in [1.165, 1.54) is 0 Å². The van der Waals surface area contributed by atoms with Crippen molar-refractivity contribution in [1.82, 2.24) is 9.88 Å². The zero-order valence-electron chi connectivity index (χ0n) is 13.5. The summed E-state index contributed by atoms with van der Waals surface area (Å²) in [5, 5.41) is 4.50. The molecule has 3 rings (SSSR count). The van der Waals surface area contributed by atoms with Crippen LogP contribution >= 0.6 is 22.9 Å². The molecule has 0 unspecified atom stereocenters. The summed E-state index contributed by atoms with van der Waals surface area (Å²) in [7, 11) is 1.92. The summed E-state index contributed by atoms with van der Waals surface area (Å²) in [4.78, 5) is 19.0. The molecule has 0 aliphatic heterocycles. The predicted molar refractivity (Wildman–Crippen MR) is 101 cm³/mol. The third kappa shape index (κ3) is 3.93. The number of fused-ring (bicyclic) bond motifs is 1. The Balaban J connectivity index is 1.65. The maximum absolute atomic E-state index is 12.4. The minimum atomic E-state index is -0.281. The van der Waals surface area contributed by atoms with Gasteiger partial charge in [0.25, 0.3) is 0 Å². The highest BCUT2D eigenvalue weighted by Gasteiger charge is 2.19. The van der Waals surface area contributed by atoms with Crippen molar-refractivity contribution in [1.29, 1.82) is 0 Å². The van der Waals surface area contributed by atoms with Crippen LogP contribution in [0.15, 0.2) is 48.5 Å². The normalized spacial score (nSPS) is 12.5. The molecule has 0 fully saturated rings. The van der Waals surface area contributed by atoms with Crippen molar-refractivity contribution in [2.75, 3.05) is 12.4 Å². The van der Waals surface area contributed by atoms with E-state index in [4.69, 9.17) is 11.6 Å². The number of halogens is 1. The maximum Gasteiger partial charge on any atom is 0.241 e. The Hall–Kier alpha value is -1.95. The van der Waals surface area contributed by atoms with Crippen LogP contribution < -0.4 is 5.32 Å². The van der Waals surface area contributed by atoms with Gasteiger partial charge in [0.05, 0.1) is 22.8 Å². The number of thiazole rings is 1. The second-order valence-corrected chi connectivity index (χ2v) is 7.22. The molecule has 1 amide bonds. The fourth-order valence-corrected chi connectivity index (χ4v) is 3.57. The number of rotatable bonds is 5. The van der Waals surface area contributed by atoms with Crippen LogP contribution in [0.25, 0.3) is 10.2 Å². The summed E-state index contributed by atoms with van der Waals surface area (Å²) in [5.74, 6) is -0.0686. The van der Waals surface area contributed by atoms with Crippen molar-refractivity contribution < 1.29 is 4.79 Å². The number of hydrogen-bond donors (Lipinski definition) is 1. The molecule has 4 nitrogen and oxygen atoms in total. The molecule has 0 radical (unpaired) electrons. The van der Waals surface area contributed by atoms with E-state index >= 15 is 0 Å². The van der Waals surface area contributed by atoms with Gasteiger partial charge in [0.15, 0.2) is 0 Å². The van der Waals surface area contributed by atoms with Crippen LogP contribution in [-0.4, -0.2) is 28.9 Å². The van der Waals surface area contributed by atoms with Crippen molar-refractivity contribution in [2.24, 2.45) is 0 Å². The molecule has 1 aromatic heterocycles. The molecule has 6 heteroatoms. The first-order valence-corrected chi connectivity index (χ1v) is 8.83. The van der Waals surface area contributed by atoms with E-state index in [2.05, 4.69) is 16.4 Å². The molecule has 1 heterocycles. The second-order valence-electron chi connectivity index (χ2n) is 5.67. The molecular weight excluding hydrogens is 342 g/mol. The largest absolute Gasteiger partial charge is 0.325 e. The Labute approximate surface area is 150 Å². The lowest BCUT2D eigenvalue weighted by Crippen LogP contribution is -2.39. The van der Waals surface area contributed by atoms with Gasteiger partial charge in [-0.2, -0.15) is 0 Å². The smallest absolute Gasteiger partial charge is 0.241 e. The van der Waals surface area contributed by atoms with Gasteiger partial charge in [-0.25, -0.2) is 4.98 Å². The van der Waals surface area contributed by atoms with E-state index in [0.717, 1.165) is 15.2 Å². The Morgan fingerprint density at radius 2 is 2.08 bits per heavy atom. The average Bonchev–Trinajstić information content (AvgIpc) is 2.96. The van der Waals surface area contributed by atoms with Crippen molar-refractivity contribution in [3.8, 4) is 0 Å². The molecule has 3 aromatic rings. The molecule has 24 heavy (non-hydrogen) atoms. The Kier molecular flexibility index (Phi) is 5.14. The van der Waals surface area contributed by atoms with Gasteiger partial charge >= 0.3 is 0 Å². The predicted octanol–water partition coefficient (Wildman–Crippen LogP) is 4.41. The van der Waals surface area contributed by atoms with Gasteiger partial charge in [0, 0.05) is 10.7 Å². The van der Waals surface area contributed by atoms with E-state index in [9.17, 15) is 4.79 Å². The number of para-hydroxylation sites is 1. The van der Waals surface area contributed by atoms with Crippen LogP contribution in [0.4, 0.5) is 5.69 Å². The fraction of sp³-hybridized carbons (Fsp3) is 0.222. The molecule has 0 saturated carbocycles. The molecule has 124 valence electrons. The lowest BCUT2D eigenvalue weighted by Gasteiger charge is -2.22. The molecular formula is C18H18ClN3OS. The van der Waals surface area contributed by atoms with Gasteiger partial charge in [0.1, 0.15) is 5.01 Å². The van der Waals surface area contributed by atoms with E-state index in [1.54, 1.807) is 23.5 Å². The van der Waals surface area contributed by atoms with Crippen molar-refractivity contribution in [3.63, 3.8) is 0 Å². The number of likely N-dealkylation sites (N-methyl/N-ethyl adjacent to an activating group) is 1. The molecule has 0 bridgehead atoms.